The van der Waals surface area contributed by atoms with Crippen molar-refractivity contribution in [2.45, 2.75) is 23.6 Å². The molecule has 0 saturated carbocycles. The zero-order valence-electron chi connectivity index (χ0n) is 9.53. The molecule has 0 radical (unpaired) electrons. The summed E-state index contributed by atoms with van der Waals surface area (Å²) in [6.45, 7) is 4.15. The van der Waals surface area contributed by atoms with Crippen LogP contribution in [-0.4, -0.2) is 0 Å². The minimum atomic E-state index is 0.855. The van der Waals surface area contributed by atoms with Gasteiger partial charge in [0.1, 0.15) is 0 Å². The zero-order valence-corrected chi connectivity index (χ0v) is 10.3. The standard InChI is InChI=1S/C14H15NS/c1-10-4-3-5-12(8-10)16-13-6-7-14(15)11(2)9-13/h3-9H,15H2,1-2H3. The fourth-order valence-electron chi connectivity index (χ4n) is 1.53. The summed E-state index contributed by atoms with van der Waals surface area (Å²) in [5.74, 6) is 0. The van der Waals surface area contributed by atoms with E-state index in [4.69, 9.17) is 5.73 Å². The number of anilines is 1. The molecular formula is C14H15NS. The lowest BCUT2D eigenvalue weighted by Gasteiger charge is -2.05. The molecule has 2 aromatic rings. The largest absolute Gasteiger partial charge is 0.399 e. The van der Waals surface area contributed by atoms with Gasteiger partial charge in [-0.3, -0.25) is 0 Å². The van der Waals surface area contributed by atoms with E-state index in [-0.39, 0.29) is 0 Å². The molecule has 0 heterocycles. The van der Waals surface area contributed by atoms with Crippen molar-refractivity contribution < 1.29 is 0 Å². The van der Waals surface area contributed by atoms with Crippen LogP contribution in [-0.2, 0) is 0 Å². The van der Waals surface area contributed by atoms with Gasteiger partial charge in [0.15, 0.2) is 0 Å². The van der Waals surface area contributed by atoms with E-state index in [9.17, 15) is 0 Å². The lowest BCUT2D eigenvalue weighted by Crippen LogP contribution is -1.88. The molecule has 0 unspecified atom stereocenters. The molecule has 2 heteroatoms. The molecule has 1 nitrogen and oxygen atoms in total. The lowest BCUT2D eigenvalue weighted by molar-refractivity contribution is 1.33. The van der Waals surface area contributed by atoms with Gasteiger partial charge < -0.3 is 5.73 Å². The summed E-state index contributed by atoms with van der Waals surface area (Å²) in [7, 11) is 0. The first-order valence-corrected chi connectivity index (χ1v) is 6.07. The Labute approximate surface area is 101 Å². The summed E-state index contributed by atoms with van der Waals surface area (Å²) < 4.78 is 0. The molecule has 0 saturated heterocycles. The summed E-state index contributed by atoms with van der Waals surface area (Å²) in [4.78, 5) is 2.50. The minimum Gasteiger partial charge on any atom is -0.399 e. The Bertz CT molecular complexity index is 506. The van der Waals surface area contributed by atoms with Crippen molar-refractivity contribution in [2.75, 3.05) is 5.73 Å². The van der Waals surface area contributed by atoms with Gasteiger partial charge in [-0.25, -0.2) is 0 Å². The molecule has 16 heavy (non-hydrogen) atoms. The molecule has 0 amide bonds. The molecule has 0 aliphatic heterocycles. The Balaban J connectivity index is 2.24. The van der Waals surface area contributed by atoms with Crippen LogP contribution in [0.1, 0.15) is 11.1 Å². The number of aryl methyl sites for hydroxylation is 2. The lowest BCUT2D eigenvalue weighted by atomic mass is 10.2. The smallest absolute Gasteiger partial charge is 0.0344 e. The Kier molecular flexibility index (Phi) is 3.20. The second-order valence-corrected chi connectivity index (χ2v) is 5.08. The third kappa shape index (κ3) is 2.58. The van der Waals surface area contributed by atoms with E-state index in [0.717, 1.165) is 11.3 Å². The molecule has 0 fully saturated rings. The van der Waals surface area contributed by atoms with Crippen LogP contribution < -0.4 is 5.73 Å². The first-order valence-electron chi connectivity index (χ1n) is 5.26. The van der Waals surface area contributed by atoms with Crippen molar-refractivity contribution >= 4 is 17.4 Å². The summed E-state index contributed by atoms with van der Waals surface area (Å²) in [6, 6.07) is 14.7. The Morgan fingerprint density at radius 3 is 2.38 bits per heavy atom. The predicted octanol–water partition coefficient (Wildman–Crippen LogP) is 4.04. The molecule has 0 aliphatic carbocycles. The van der Waals surface area contributed by atoms with Gasteiger partial charge in [0, 0.05) is 15.5 Å². The molecule has 2 rings (SSSR count). The van der Waals surface area contributed by atoms with Gasteiger partial charge in [0.05, 0.1) is 0 Å². The average Bonchev–Trinajstić information content (AvgIpc) is 2.24. The van der Waals surface area contributed by atoms with E-state index in [1.165, 1.54) is 15.4 Å². The fourth-order valence-corrected chi connectivity index (χ4v) is 2.56. The zero-order chi connectivity index (χ0) is 11.5. The number of rotatable bonds is 2. The van der Waals surface area contributed by atoms with Gasteiger partial charge in [0.2, 0.25) is 0 Å². The highest BCUT2D eigenvalue weighted by Gasteiger charge is 1.99. The summed E-state index contributed by atoms with van der Waals surface area (Å²) >= 11 is 1.77. The molecule has 2 aromatic carbocycles. The van der Waals surface area contributed by atoms with E-state index < -0.39 is 0 Å². The van der Waals surface area contributed by atoms with Crippen LogP contribution in [0.2, 0.25) is 0 Å². The number of benzene rings is 2. The molecule has 0 aliphatic rings. The van der Waals surface area contributed by atoms with Crippen LogP contribution in [0.4, 0.5) is 5.69 Å². The average molecular weight is 229 g/mol. The van der Waals surface area contributed by atoms with Crippen molar-refractivity contribution in [1.29, 1.82) is 0 Å². The third-order valence-corrected chi connectivity index (χ3v) is 3.45. The second-order valence-electron chi connectivity index (χ2n) is 3.94. The Hall–Kier alpha value is -1.41. The van der Waals surface area contributed by atoms with E-state index in [1.807, 2.05) is 13.0 Å². The first kappa shape index (κ1) is 11.1. The SMILES string of the molecule is Cc1cccc(Sc2ccc(N)c(C)c2)c1. The topological polar surface area (TPSA) is 26.0 Å². The quantitative estimate of drug-likeness (QED) is 0.787. The van der Waals surface area contributed by atoms with Crippen molar-refractivity contribution in [3.63, 3.8) is 0 Å². The number of nitrogens with two attached hydrogens (primary N) is 1. The van der Waals surface area contributed by atoms with Crippen LogP contribution >= 0.6 is 11.8 Å². The van der Waals surface area contributed by atoms with Gasteiger partial charge >= 0.3 is 0 Å². The van der Waals surface area contributed by atoms with Gasteiger partial charge in [-0.2, -0.15) is 0 Å². The van der Waals surface area contributed by atoms with Gasteiger partial charge in [-0.05, 0) is 49.7 Å². The highest BCUT2D eigenvalue weighted by Crippen LogP contribution is 2.29. The van der Waals surface area contributed by atoms with E-state index in [1.54, 1.807) is 11.8 Å². The maximum atomic E-state index is 5.80. The Morgan fingerprint density at radius 1 is 0.938 bits per heavy atom. The highest BCUT2D eigenvalue weighted by molar-refractivity contribution is 7.99. The van der Waals surface area contributed by atoms with Crippen molar-refractivity contribution in [1.82, 2.24) is 0 Å². The summed E-state index contributed by atoms with van der Waals surface area (Å²) in [6.07, 6.45) is 0. The summed E-state index contributed by atoms with van der Waals surface area (Å²) in [5, 5.41) is 0. The van der Waals surface area contributed by atoms with E-state index in [2.05, 4.69) is 43.3 Å². The van der Waals surface area contributed by atoms with Gasteiger partial charge in [-0.15, -0.1) is 0 Å². The molecular weight excluding hydrogens is 214 g/mol. The van der Waals surface area contributed by atoms with Crippen molar-refractivity contribution in [3.05, 3.63) is 53.6 Å². The minimum absolute atomic E-state index is 0.855. The molecule has 2 N–H and O–H groups in total. The third-order valence-electron chi connectivity index (χ3n) is 2.47. The maximum Gasteiger partial charge on any atom is 0.0344 e. The van der Waals surface area contributed by atoms with E-state index >= 15 is 0 Å². The normalized spacial score (nSPS) is 10.4. The fraction of sp³-hybridized carbons (Fsp3) is 0.143. The van der Waals surface area contributed by atoms with Crippen LogP contribution in [0, 0.1) is 13.8 Å². The van der Waals surface area contributed by atoms with Crippen LogP contribution in [0.3, 0.4) is 0 Å². The number of hydrogen-bond donors (Lipinski definition) is 1. The highest BCUT2D eigenvalue weighted by atomic mass is 32.2. The molecule has 82 valence electrons. The van der Waals surface area contributed by atoms with Crippen molar-refractivity contribution in [3.8, 4) is 0 Å². The number of hydrogen-bond acceptors (Lipinski definition) is 2. The van der Waals surface area contributed by atoms with Crippen LogP contribution in [0.15, 0.2) is 52.3 Å². The predicted molar refractivity (Wildman–Crippen MR) is 70.9 cm³/mol. The van der Waals surface area contributed by atoms with Crippen LogP contribution in [0.25, 0.3) is 0 Å². The monoisotopic (exact) mass is 229 g/mol. The molecule has 0 aromatic heterocycles. The molecule has 0 bridgehead atoms. The molecule has 0 atom stereocenters. The molecule has 0 spiro atoms. The number of nitrogen functional groups attached to an aromatic ring is 1. The van der Waals surface area contributed by atoms with Gasteiger partial charge in [-0.1, -0.05) is 29.5 Å². The van der Waals surface area contributed by atoms with E-state index in [0.29, 0.717) is 0 Å². The maximum absolute atomic E-state index is 5.80. The van der Waals surface area contributed by atoms with Crippen LogP contribution in [0.5, 0.6) is 0 Å². The second kappa shape index (κ2) is 4.62. The summed E-state index contributed by atoms with van der Waals surface area (Å²) in [5.41, 5.74) is 9.08. The van der Waals surface area contributed by atoms with Crippen molar-refractivity contribution in [2.24, 2.45) is 0 Å². The Morgan fingerprint density at radius 2 is 1.69 bits per heavy atom. The van der Waals surface area contributed by atoms with Gasteiger partial charge in [0.25, 0.3) is 0 Å². The first-order chi connectivity index (χ1) is 7.65.